The van der Waals surface area contributed by atoms with Crippen molar-refractivity contribution in [2.45, 2.75) is 78.0 Å². The summed E-state index contributed by atoms with van der Waals surface area (Å²) >= 11 is 8.17. The van der Waals surface area contributed by atoms with Crippen molar-refractivity contribution in [2.75, 3.05) is 12.9 Å². The largest absolute Gasteiger partial charge is 0.468 e. The van der Waals surface area contributed by atoms with E-state index in [2.05, 4.69) is 35.7 Å². The molecule has 0 aliphatic carbocycles. The molecule has 0 fully saturated rings. The summed E-state index contributed by atoms with van der Waals surface area (Å²) in [7, 11) is 1.30. The van der Waals surface area contributed by atoms with Crippen LogP contribution in [0.25, 0.3) is 0 Å². The number of benzene rings is 2. The summed E-state index contributed by atoms with van der Waals surface area (Å²) in [6.45, 7) is 12.0. The number of thioether (sulfide) groups is 1. The molecule has 228 valence electrons. The van der Waals surface area contributed by atoms with Gasteiger partial charge in [-0.2, -0.15) is 0 Å². The molecule has 0 spiro atoms. The van der Waals surface area contributed by atoms with Crippen LogP contribution in [0.3, 0.4) is 0 Å². The second-order valence-corrected chi connectivity index (χ2v) is 13.4. The predicted molar refractivity (Wildman–Crippen MR) is 167 cm³/mol. The number of nitrogens with zero attached hydrogens (tertiary/aromatic N) is 4. The van der Waals surface area contributed by atoms with Gasteiger partial charge in [0.25, 0.3) is 0 Å². The smallest absolute Gasteiger partial charge is 0.325 e. The Morgan fingerprint density at radius 1 is 1.14 bits per heavy atom. The van der Waals surface area contributed by atoms with Gasteiger partial charge in [-0.05, 0) is 55.7 Å². The van der Waals surface area contributed by atoms with Crippen molar-refractivity contribution in [1.82, 2.24) is 14.3 Å². The molecule has 3 aromatic rings. The molecular weight excluding hydrogens is 599 g/mol. The van der Waals surface area contributed by atoms with Crippen LogP contribution in [-0.2, 0) is 34.0 Å². The number of esters is 1. The fourth-order valence-electron chi connectivity index (χ4n) is 4.13. The maximum absolute atomic E-state index is 14.3. The number of rotatable bonds is 7. The standard InChI is InChI=1S/C15H15ClFN3O3S2.C15H23NO/c1-23-13(21)8-24-12-7-11(10(17)6-9(12)16)18-14-19-4-2-3-5-20(19)15(22)25-14;1-12(2)16(14(17)15(3,4)5)11-13-9-7-6-8-10-13/h6-7H,2-5,8H2,1H3;6-10,12H,11H2,1-5H3/b18-14-;. The fourth-order valence-corrected chi connectivity index (χ4v) is 6.12. The summed E-state index contributed by atoms with van der Waals surface area (Å²) in [5.41, 5.74) is 0.942. The van der Waals surface area contributed by atoms with Gasteiger partial charge in [0, 0.05) is 36.0 Å². The quantitative estimate of drug-likeness (QED) is 0.226. The summed E-state index contributed by atoms with van der Waals surface area (Å²) in [4.78, 5) is 42.8. The molecule has 0 atom stereocenters. The van der Waals surface area contributed by atoms with E-state index in [4.69, 9.17) is 11.6 Å². The topological polar surface area (TPSA) is 85.9 Å². The maximum atomic E-state index is 14.3. The third-order valence-corrected chi connectivity index (χ3v) is 8.73. The van der Waals surface area contributed by atoms with Gasteiger partial charge in [-0.1, -0.05) is 62.7 Å². The van der Waals surface area contributed by atoms with Gasteiger partial charge in [0.2, 0.25) is 10.7 Å². The highest BCUT2D eigenvalue weighted by atomic mass is 35.5. The van der Waals surface area contributed by atoms with Crippen molar-refractivity contribution >= 4 is 52.3 Å². The molecule has 0 N–H and O–H groups in total. The summed E-state index contributed by atoms with van der Waals surface area (Å²) in [6, 6.07) is 13.0. The van der Waals surface area contributed by atoms with Crippen LogP contribution in [0.1, 0.15) is 53.0 Å². The summed E-state index contributed by atoms with van der Waals surface area (Å²) in [6.07, 6.45) is 1.90. The number of fused-ring (bicyclic) bond motifs is 1. The lowest BCUT2D eigenvalue weighted by atomic mass is 9.93. The summed E-state index contributed by atoms with van der Waals surface area (Å²) in [5, 5.41) is 0.199. The molecule has 12 heteroatoms. The third-order valence-electron chi connectivity index (χ3n) is 6.40. The SMILES string of the molecule is CC(C)N(Cc1ccccc1)C(=O)C(C)(C)C.COC(=O)CSc1cc(/N=c2\sc(=O)n3n2CCCC3)c(F)cc1Cl. The molecule has 4 rings (SSSR count). The Hall–Kier alpha value is -2.89. The maximum Gasteiger partial charge on any atom is 0.325 e. The Labute approximate surface area is 259 Å². The Balaban J connectivity index is 0.000000250. The molecule has 0 saturated carbocycles. The number of halogens is 2. The van der Waals surface area contributed by atoms with E-state index in [-0.39, 0.29) is 38.7 Å². The first-order valence-electron chi connectivity index (χ1n) is 13.7. The van der Waals surface area contributed by atoms with Crippen LogP contribution in [0.5, 0.6) is 0 Å². The monoisotopic (exact) mass is 636 g/mol. The zero-order chi connectivity index (χ0) is 31.0. The van der Waals surface area contributed by atoms with Gasteiger partial charge in [0.15, 0.2) is 0 Å². The molecule has 2 aromatic carbocycles. The van der Waals surface area contributed by atoms with E-state index in [1.54, 1.807) is 9.36 Å². The van der Waals surface area contributed by atoms with Crippen LogP contribution in [0.2, 0.25) is 5.02 Å². The molecule has 1 amide bonds. The van der Waals surface area contributed by atoms with Crippen LogP contribution in [0.4, 0.5) is 10.1 Å². The molecule has 1 aliphatic heterocycles. The molecule has 0 unspecified atom stereocenters. The molecule has 1 aliphatic rings. The van der Waals surface area contributed by atoms with Gasteiger partial charge in [-0.15, -0.1) is 11.8 Å². The summed E-state index contributed by atoms with van der Waals surface area (Å²) in [5.74, 6) is -0.718. The molecule has 8 nitrogen and oxygen atoms in total. The van der Waals surface area contributed by atoms with Gasteiger partial charge in [0.1, 0.15) is 11.5 Å². The minimum absolute atomic E-state index is 0.0605. The summed E-state index contributed by atoms with van der Waals surface area (Å²) < 4.78 is 22.3. The van der Waals surface area contributed by atoms with Crippen molar-refractivity contribution in [1.29, 1.82) is 0 Å². The number of amides is 1. The number of ether oxygens (including phenoxy) is 1. The third kappa shape index (κ3) is 9.05. The lowest BCUT2D eigenvalue weighted by molar-refractivity contribution is -0.142. The normalized spacial score (nSPS) is 13.3. The minimum Gasteiger partial charge on any atom is -0.468 e. The van der Waals surface area contributed by atoms with Crippen LogP contribution >= 0.6 is 34.7 Å². The van der Waals surface area contributed by atoms with E-state index >= 15 is 0 Å². The Morgan fingerprint density at radius 2 is 1.79 bits per heavy atom. The number of hydrogen-bond acceptors (Lipinski definition) is 7. The predicted octanol–water partition coefficient (Wildman–Crippen LogP) is 6.26. The van der Waals surface area contributed by atoms with E-state index in [9.17, 15) is 18.8 Å². The van der Waals surface area contributed by atoms with Crippen LogP contribution in [0.15, 0.2) is 57.1 Å². The number of hydrogen-bond donors (Lipinski definition) is 0. The minimum atomic E-state index is -0.580. The zero-order valence-corrected chi connectivity index (χ0v) is 27.2. The van der Waals surface area contributed by atoms with E-state index in [0.717, 1.165) is 42.0 Å². The number of methoxy groups -OCH3 is 1. The van der Waals surface area contributed by atoms with Gasteiger partial charge in [-0.3, -0.25) is 19.1 Å². The first kappa shape index (κ1) is 33.6. The van der Waals surface area contributed by atoms with Crippen molar-refractivity contribution < 1.29 is 18.7 Å². The van der Waals surface area contributed by atoms with Gasteiger partial charge < -0.3 is 9.64 Å². The van der Waals surface area contributed by atoms with E-state index < -0.39 is 11.8 Å². The molecule has 2 heterocycles. The lowest BCUT2D eigenvalue weighted by Crippen LogP contribution is -2.43. The first-order valence-corrected chi connectivity index (χ1v) is 15.9. The average molecular weight is 637 g/mol. The number of carbonyl (C=O) groups is 2. The second-order valence-electron chi connectivity index (χ2n) is 11.1. The van der Waals surface area contributed by atoms with E-state index in [1.807, 2.05) is 43.9 Å². The highest BCUT2D eigenvalue weighted by molar-refractivity contribution is 8.00. The average Bonchev–Trinajstić information content (AvgIpc) is 3.27. The van der Waals surface area contributed by atoms with E-state index in [1.165, 1.54) is 18.7 Å². The van der Waals surface area contributed by atoms with Crippen LogP contribution < -0.4 is 9.67 Å². The number of carbonyl (C=O) groups excluding carboxylic acids is 2. The molecule has 1 aromatic heterocycles. The van der Waals surface area contributed by atoms with Crippen molar-refractivity contribution in [2.24, 2.45) is 10.4 Å². The Morgan fingerprint density at radius 3 is 2.38 bits per heavy atom. The second kappa shape index (κ2) is 15.0. The molecule has 42 heavy (non-hydrogen) atoms. The molecule has 0 saturated heterocycles. The van der Waals surface area contributed by atoms with Crippen molar-refractivity contribution in [3.8, 4) is 0 Å². The van der Waals surface area contributed by atoms with Gasteiger partial charge >= 0.3 is 10.8 Å². The van der Waals surface area contributed by atoms with E-state index in [0.29, 0.717) is 29.3 Å². The van der Waals surface area contributed by atoms with Gasteiger partial charge in [-0.25, -0.2) is 14.1 Å². The Bertz CT molecular complexity index is 1510. The van der Waals surface area contributed by atoms with Gasteiger partial charge in [0.05, 0.1) is 17.9 Å². The van der Waals surface area contributed by atoms with Crippen LogP contribution in [-0.4, -0.2) is 45.0 Å². The Kier molecular flexibility index (Phi) is 12.0. The number of aromatic nitrogens is 2. The molecule has 0 bridgehead atoms. The highest BCUT2D eigenvalue weighted by Crippen LogP contribution is 2.33. The van der Waals surface area contributed by atoms with Crippen LogP contribution in [0, 0.1) is 11.2 Å². The molecular formula is C30H38ClFN4O4S2. The fraction of sp³-hybridized carbons (Fsp3) is 0.467. The highest BCUT2D eigenvalue weighted by Gasteiger charge is 2.28. The first-order chi connectivity index (χ1) is 19.8. The van der Waals surface area contributed by atoms with Crippen molar-refractivity contribution in [3.63, 3.8) is 0 Å². The van der Waals surface area contributed by atoms with Crippen molar-refractivity contribution in [3.05, 3.63) is 73.3 Å². The lowest BCUT2D eigenvalue weighted by Gasteiger charge is -2.32. The zero-order valence-electron chi connectivity index (χ0n) is 24.9. The molecule has 0 radical (unpaired) electrons.